The molecule has 0 saturated heterocycles. The van der Waals surface area contributed by atoms with Crippen molar-refractivity contribution < 1.29 is 9.53 Å². The summed E-state index contributed by atoms with van der Waals surface area (Å²) in [4.78, 5) is 19.0. The number of nitrogens with zero attached hydrogens (tertiary/aromatic N) is 1. The fraction of sp³-hybridized carbons (Fsp3) is 0.375. The summed E-state index contributed by atoms with van der Waals surface area (Å²) in [6, 6.07) is 4.18. The number of hydrogen-bond acceptors (Lipinski definition) is 3. The number of ether oxygens (including phenoxy) is 1. The highest BCUT2D eigenvalue weighted by atomic mass is 16.5. The predicted octanol–water partition coefficient (Wildman–Crippen LogP) is 3.03. The molecule has 1 unspecified atom stereocenters. The monoisotopic (exact) mass is 270 g/mol. The molecule has 0 amide bonds. The van der Waals surface area contributed by atoms with Crippen LogP contribution >= 0.6 is 0 Å². The summed E-state index contributed by atoms with van der Waals surface area (Å²) in [6.07, 6.45) is 3.62. The molecule has 0 spiro atoms. The molecule has 4 heteroatoms. The first kappa shape index (κ1) is 12.9. The Morgan fingerprint density at radius 1 is 1.45 bits per heavy atom. The quantitative estimate of drug-likeness (QED) is 0.853. The summed E-state index contributed by atoms with van der Waals surface area (Å²) in [5.74, 6) is -0.0864. The summed E-state index contributed by atoms with van der Waals surface area (Å²) in [5, 5.41) is 0. The molecule has 0 fully saturated rings. The maximum atomic E-state index is 11.6. The van der Waals surface area contributed by atoms with E-state index < -0.39 is 0 Å². The second kappa shape index (κ2) is 4.78. The first-order chi connectivity index (χ1) is 9.59. The van der Waals surface area contributed by atoms with Crippen molar-refractivity contribution in [2.75, 3.05) is 0 Å². The van der Waals surface area contributed by atoms with E-state index in [1.165, 1.54) is 11.1 Å². The summed E-state index contributed by atoms with van der Waals surface area (Å²) >= 11 is 0. The molecule has 1 aliphatic rings. The van der Waals surface area contributed by atoms with Crippen molar-refractivity contribution in [1.82, 2.24) is 9.97 Å². The molecule has 0 radical (unpaired) electrons. The number of carbonyl (C=O) groups excluding carboxylic acids is 1. The van der Waals surface area contributed by atoms with E-state index in [-0.39, 0.29) is 17.8 Å². The van der Waals surface area contributed by atoms with Crippen molar-refractivity contribution in [2.45, 2.75) is 39.2 Å². The summed E-state index contributed by atoms with van der Waals surface area (Å²) < 4.78 is 5.26. The van der Waals surface area contributed by atoms with Crippen LogP contribution in [-0.4, -0.2) is 15.9 Å². The second-order valence-corrected chi connectivity index (χ2v) is 5.39. The number of H-pyrrole nitrogens is 1. The van der Waals surface area contributed by atoms with Crippen LogP contribution in [0.15, 0.2) is 24.7 Å². The van der Waals surface area contributed by atoms with Crippen LogP contribution in [0.4, 0.5) is 0 Å². The number of hydrogen-bond donors (Lipinski definition) is 1. The van der Waals surface area contributed by atoms with Crippen molar-refractivity contribution >= 4 is 5.97 Å². The van der Waals surface area contributed by atoms with E-state index in [1.807, 2.05) is 13.1 Å². The minimum Gasteiger partial charge on any atom is -0.460 e. The van der Waals surface area contributed by atoms with Crippen molar-refractivity contribution in [3.63, 3.8) is 0 Å². The van der Waals surface area contributed by atoms with E-state index in [9.17, 15) is 4.79 Å². The lowest BCUT2D eigenvalue weighted by Gasteiger charge is -2.26. The van der Waals surface area contributed by atoms with Gasteiger partial charge in [0.15, 0.2) is 0 Å². The lowest BCUT2D eigenvalue weighted by molar-refractivity contribution is -0.147. The van der Waals surface area contributed by atoms with Crippen LogP contribution in [0.25, 0.3) is 0 Å². The van der Waals surface area contributed by atoms with Gasteiger partial charge < -0.3 is 9.72 Å². The van der Waals surface area contributed by atoms with E-state index in [0.29, 0.717) is 6.61 Å². The Balaban J connectivity index is 2.05. The third-order valence-electron chi connectivity index (χ3n) is 4.28. The van der Waals surface area contributed by atoms with E-state index in [1.54, 1.807) is 6.33 Å². The highest BCUT2D eigenvalue weighted by molar-refractivity contribution is 5.80. The van der Waals surface area contributed by atoms with E-state index in [0.717, 1.165) is 16.8 Å². The molecular weight excluding hydrogens is 252 g/mol. The van der Waals surface area contributed by atoms with E-state index in [4.69, 9.17) is 4.74 Å². The summed E-state index contributed by atoms with van der Waals surface area (Å²) in [6.45, 7) is 6.52. The van der Waals surface area contributed by atoms with Gasteiger partial charge in [-0.2, -0.15) is 0 Å². The first-order valence-electron chi connectivity index (χ1n) is 6.87. The normalized spacial score (nSPS) is 19.4. The Morgan fingerprint density at radius 3 is 2.95 bits per heavy atom. The number of rotatable bonds is 2. The lowest BCUT2D eigenvalue weighted by atomic mass is 9.84. The van der Waals surface area contributed by atoms with Gasteiger partial charge in [0.1, 0.15) is 6.61 Å². The van der Waals surface area contributed by atoms with Crippen LogP contribution in [-0.2, 0) is 16.1 Å². The van der Waals surface area contributed by atoms with Crippen LogP contribution in [0, 0.1) is 6.92 Å². The van der Waals surface area contributed by atoms with E-state index >= 15 is 0 Å². The molecule has 0 saturated carbocycles. The largest absolute Gasteiger partial charge is 0.460 e. The number of fused-ring (bicyclic) bond motifs is 1. The van der Waals surface area contributed by atoms with Gasteiger partial charge in [-0.25, -0.2) is 4.98 Å². The molecule has 2 atom stereocenters. The number of imidazole rings is 1. The van der Waals surface area contributed by atoms with Crippen molar-refractivity contribution in [1.29, 1.82) is 0 Å². The van der Waals surface area contributed by atoms with E-state index in [2.05, 4.69) is 35.9 Å². The Bertz CT molecular complexity index is 647. The predicted molar refractivity (Wildman–Crippen MR) is 75.5 cm³/mol. The number of esters is 1. The van der Waals surface area contributed by atoms with Crippen molar-refractivity contribution in [3.8, 4) is 0 Å². The second-order valence-electron chi connectivity index (χ2n) is 5.39. The highest BCUT2D eigenvalue weighted by Gasteiger charge is 2.28. The Labute approximate surface area is 118 Å². The Morgan fingerprint density at radius 2 is 2.25 bits per heavy atom. The Hall–Kier alpha value is -2.10. The van der Waals surface area contributed by atoms with Gasteiger partial charge in [-0.05, 0) is 36.1 Å². The van der Waals surface area contributed by atoms with Crippen LogP contribution < -0.4 is 0 Å². The number of aromatic nitrogens is 2. The number of nitrogens with one attached hydrogen (secondary N) is 1. The van der Waals surface area contributed by atoms with Crippen LogP contribution in [0.5, 0.6) is 0 Å². The molecule has 3 rings (SSSR count). The summed E-state index contributed by atoms with van der Waals surface area (Å²) in [5.41, 5.74) is 5.71. The molecule has 104 valence electrons. The lowest BCUT2D eigenvalue weighted by Crippen LogP contribution is -2.22. The van der Waals surface area contributed by atoms with Gasteiger partial charge in [-0.15, -0.1) is 0 Å². The average molecular weight is 270 g/mol. The molecule has 2 aromatic rings. The zero-order chi connectivity index (χ0) is 14.3. The van der Waals surface area contributed by atoms with Crippen molar-refractivity contribution in [3.05, 3.63) is 52.6 Å². The number of cyclic esters (lactones) is 1. The minimum atomic E-state index is -0.174. The number of aromatic amines is 1. The molecule has 1 aromatic heterocycles. The molecular formula is C16H18N2O2. The van der Waals surface area contributed by atoms with Crippen LogP contribution in [0.3, 0.4) is 0 Å². The van der Waals surface area contributed by atoms with Crippen LogP contribution in [0.1, 0.15) is 53.6 Å². The maximum absolute atomic E-state index is 11.6. The molecule has 1 aliphatic heterocycles. The van der Waals surface area contributed by atoms with Gasteiger partial charge in [0.2, 0.25) is 0 Å². The van der Waals surface area contributed by atoms with Gasteiger partial charge in [0.25, 0.3) is 0 Å². The van der Waals surface area contributed by atoms with Gasteiger partial charge in [-0.3, -0.25) is 4.79 Å². The highest BCUT2D eigenvalue weighted by Crippen LogP contribution is 2.34. The SMILES string of the molecule is Cc1c([C@H](C)c2c[nH]cn2)ccc2c1COC(=O)C2C. The zero-order valence-corrected chi connectivity index (χ0v) is 11.9. The third kappa shape index (κ3) is 1.92. The van der Waals surface area contributed by atoms with Gasteiger partial charge in [0, 0.05) is 12.1 Å². The standard InChI is InChI=1S/C16H18N2O2/c1-9-12(10(2)15-6-17-8-18-15)4-5-13-11(3)16(19)20-7-14(9)13/h4-6,8,10-11H,7H2,1-3H3,(H,17,18)/t10-,11?/m0/s1. The number of carbonyl (C=O) groups is 1. The molecule has 0 bridgehead atoms. The minimum absolute atomic E-state index is 0.134. The fourth-order valence-electron chi connectivity index (χ4n) is 2.93. The zero-order valence-electron chi connectivity index (χ0n) is 11.9. The Kier molecular flexibility index (Phi) is 3.08. The van der Waals surface area contributed by atoms with Gasteiger partial charge in [-0.1, -0.05) is 19.1 Å². The van der Waals surface area contributed by atoms with Crippen molar-refractivity contribution in [2.24, 2.45) is 0 Å². The van der Waals surface area contributed by atoms with Crippen LogP contribution in [0.2, 0.25) is 0 Å². The maximum Gasteiger partial charge on any atom is 0.313 e. The average Bonchev–Trinajstić information content (AvgIpc) is 2.97. The third-order valence-corrected chi connectivity index (χ3v) is 4.28. The molecule has 2 heterocycles. The molecule has 20 heavy (non-hydrogen) atoms. The molecule has 4 nitrogen and oxygen atoms in total. The van der Waals surface area contributed by atoms with Gasteiger partial charge in [0.05, 0.1) is 17.9 Å². The first-order valence-corrected chi connectivity index (χ1v) is 6.87. The molecule has 0 aliphatic carbocycles. The van der Waals surface area contributed by atoms with Gasteiger partial charge >= 0.3 is 5.97 Å². The molecule has 1 aromatic carbocycles. The summed E-state index contributed by atoms with van der Waals surface area (Å²) in [7, 11) is 0. The fourth-order valence-corrected chi connectivity index (χ4v) is 2.93. The topological polar surface area (TPSA) is 55.0 Å². The smallest absolute Gasteiger partial charge is 0.313 e. The number of benzene rings is 1. The molecule has 1 N–H and O–H groups in total.